The Hall–Kier alpha value is -1.86. The zero-order valence-corrected chi connectivity index (χ0v) is 12.1. The lowest BCUT2D eigenvalue weighted by Gasteiger charge is -2.31. The van der Waals surface area contributed by atoms with Gasteiger partial charge in [0, 0.05) is 11.1 Å². The van der Waals surface area contributed by atoms with E-state index in [0.29, 0.717) is 12.4 Å². The van der Waals surface area contributed by atoms with Crippen molar-refractivity contribution in [2.45, 2.75) is 26.0 Å². The minimum absolute atomic E-state index is 0.0401. The molecule has 106 valence electrons. The second-order valence-electron chi connectivity index (χ2n) is 5.42. The first-order chi connectivity index (χ1) is 9.36. The summed E-state index contributed by atoms with van der Waals surface area (Å²) in [4.78, 5) is 12.2. The summed E-state index contributed by atoms with van der Waals surface area (Å²) in [6, 6.07) is 4.09. The molecule has 3 rings (SSSR count). The van der Waals surface area contributed by atoms with Gasteiger partial charge in [-0.1, -0.05) is 0 Å². The van der Waals surface area contributed by atoms with Gasteiger partial charge in [-0.05, 0) is 31.4 Å². The molecule has 3 N–H and O–H groups in total. The number of hydrogen-bond acceptors (Lipinski definition) is 5. The molecule has 0 fully saturated rings. The predicted molar refractivity (Wildman–Crippen MR) is 78.6 cm³/mol. The zero-order chi connectivity index (χ0) is 14.5. The van der Waals surface area contributed by atoms with Crippen molar-refractivity contribution in [3.05, 3.63) is 23.2 Å². The summed E-state index contributed by atoms with van der Waals surface area (Å²) < 4.78 is 1.97. The zero-order valence-electron chi connectivity index (χ0n) is 11.3. The summed E-state index contributed by atoms with van der Waals surface area (Å²) in [5, 5.41) is 19.5. The number of amides is 1. The van der Waals surface area contributed by atoms with Gasteiger partial charge >= 0.3 is 0 Å². The van der Waals surface area contributed by atoms with E-state index in [2.05, 4.69) is 11.2 Å². The van der Waals surface area contributed by atoms with Crippen LogP contribution in [0, 0.1) is 0 Å². The number of aliphatic hydroxyl groups is 1. The van der Waals surface area contributed by atoms with Crippen molar-refractivity contribution in [2.75, 3.05) is 6.54 Å². The van der Waals surface area contributed by atoms with Gasteiger partial charge in [-0.2, -0.15) is 5.10 Å². The Morgan fingerprint density at radius 1 is 1.60 bits per heavy atom. The number of nitrogens with two attached hydrogens (primary N) is 1. The average Bonchev–Trinajstić information content (AvgIpc) is 2.85. The maximum atomic E-state index is 11.1. The SMILES string of the molecule is CC(C)(O)C1=NN(CC(N)=O)Cc2cc3ccsc3n21. The molecule has 7 heteroatoms. The molecule has 0 spiro atoms. The molecule has 0 bridgehead atoms. The van der Waals surface area contributed by atoms with Gasteiger partial charge in [-0.15, -0.1) is 11.3 Å². The number of carbonyl (C=O) groups is 1. The fourth-order valence-corrected chi connectivity index (χ4v) is 3.31. The average molecular weight is 292 g/mol. The van der Waals surface area contributed by atoms with E-state index in [9.17, 15) is 9.90 Å². The van der Waals surface area contributed by atoms with Crippen LogP contribution in [0.1, 0.15) is 19.5 Å². The third-order valence-corrected chi connectivity index (χ3v) is 4.08. The minimum atomic E-state index is -1.11. The van der Waals surface area contributed by atoms with Crippen LogP contribution in [0.4, 0.5) is 0 Å². The molecule has 0 atom stereocenters. The third kappa shape index (κ3) is 2.08. The predicted octanol–water partition coefficient (Wildman–Crippen LogP) is 0.936. The molecule has 0 aliphatic carbocycles. The maximum Gasteiger partial charge on any atom is 0.238 e. The smallest absolute Gasteiger partial charge is 0.238 e. The number of thiophene rings is 1. The van der Waals surface area contributed by atoms with Crippen molar-refractivity contribution >= 4 is 33.3 Å². The molecule has 0 unspecified atom stereocenters. The van der Waals surface area contributed by atoms with Gasteiger partial charge in [0.05, 0.1) is 6.54 Å². The molecule has 20 heavy (non-hydrogen) atoms. The van der Waals surface area contributed by atoms with E-state index >= 15 is 0 Å². The highest BCUT2D eigenvalue weighted by Gasteiger charge is 2.31. The van der Waals surface area contributed by atoms with Crippen LogP contribution in [-0.4, -0.2) is 38.6 Å². The van der Waals surface area contributed by atoms with E-state index in [1.54, 1.807) is 30.2 Å². The highest BCUT2D eigenvalue weighted by molar-refractivity contribution is 7.17. The van der Waals surface area contributed by atoms with Gasteiger partial charge in [0.15, 0.2) is 5.84 Å². The Kier molecular flexibility index (Phi) is 2.84. The van der Waals surface area contributed by atoms with Gasteiger partial charge in [0.25, 0.3) is 0 Å². The molecule has 6 nitrogen and oxygen atoms in total. The summed E-state index contributed by atoms with van der Waals surface area (Å²) in [5.41, 5.74) is 5.13. The molecular weight excluding hydrogens is 276 g/mol. The van der Waals surface area contributed by atoms with Crippen molar-refractivity contribution in [2.24, 2.45) is 10.8 Å². The summed E-state index contributed by atoms with van der Waals surface area (Å²) in [6.07, 6.45) is 0. The molecule has 3 heterocycles. The standard InChI is InChI=1S/C13H16N4O2S/c1-13(2,19)12-15-16(7-10(14)18)6-9-5-8-3-4-20-11(8)17(9)12/h3-5,19H,6-7H2,1-2H3,(H2,14,18). The number of fused-ring (bicyclic) bond motifs is 3. The topological polar surface area (TPSA) is 83.9 Å². The lowest BCUT2D eigenvalue weighted by atomic mass is 10.1. The van der Waals surface area contributed by atoms with E-state index in [1.165, 1.54) is 0 Å². The van der Waals surface area contributed by atoms with E-state index in [4.69, 9.17) is 5.73 Å². The fourth-order valence-electron chi connectivity index (χ4n) is 2.39. The number of primary amides is 1. The van der Waals surface area contributed by atoms with Crippen molar-refractivity contribution < 1.29 is 9.90 Å². The summed E-state index contributed by atoms with van der Waals surface area (Å²) >= 11 is 1.60. The summed E-state index contributed by atoms with van der Waals surface area (Å²) in [6.45, 7) is 3.91. The first-order valence-electron chi connectivity index (χ1n) is 6.29. The Bertz CT molecular complexity index is 708. The van der Waals surface area contributed by atoms with Crippen LogP contribution in [0.5, 0.6) is 0 Å². The van der Waals surface area contributed by atoms with Crippen LogP contribution < -0.4 is 5.73 Å². The number of hydrazone groups is 1. The van der Waals surface area contributed by atoms with Crippen molar-refractivity contribution in [3.8, 4) is 0 Å². The van der Waals surface area contributed by atoms with Gasteiger partial charge in [-0.3, -0.25) is 14.4 Å². The molecule has 1 aliphatic heterocycles. The van der Waals surface area contributed by atoms with Gasteiger partial charge in [-0.25, -0.2) is 0 Å². The van der Waals surface area contributed by atoms with Crippen LogP contribution >= 0.6 is 11.3 Å². The Morgan fingerprint density at radius 2 is 2.35 bits per heavy atom. The first-order valence-corrected chi connectivity index (χ1v) is 7.17. The van der Waals surface area contributed by atoms with Crippen molar-refractivity contribution in [3.63, 3.8) is 0 Å². The first kappa shape index (κ1) is 13.1. The number of rotatable bonds is 3. The van der Waals surface area contributed by atoms with Crippen LogP contribution in [0.3, 0.4) is 0 Å². The number of hydrogen-bond donors (Lipinski definition) is 2. The van der Waals surface area contributed by atoms with Gasteiger partial charge in [0.1, 0.15) is 17.0 Å². The van der Waals surface area contributed by atoms with E-state index < -0.39 is 11.5 Å². The molecule has 0 saturated heterocycles. The fraction of sp³-hybridized carbons (Fsp3) is 0.385. The van der Waals surface area contributed by atoms with E-state index in [-0.39, 0.29) is 6.54 Å². The lowest BCUT2D eigenvalue weighted by molar-refractivity contribution is -0.119. The van der Waals surface area contributed by atoms with E-state index in [1.807, 2.05) is 16.0 Å². The van der Waals surface area contributed by atoms with Gasteiger partial charge in [0.2, 0.25) is 5.91 Å². The number of carbonyl (C=O) groups excluding carboxylic acids is 1. The largest absolute Gasteiger partial charge is 0.382 e. The van der Waals surface area contributed by atoms with E-state index in [0.717, 1.165) is 15.9 Å². The molecule has 1 aliphatic rings. The van der Waals surface area contributed by atoms with Crippen LogP contribution in [0.25, 0.3) is 10.2 Å². The molecular formula is C13H16N4O2S. The van der Waals surface area contributed by atoms with Crippen molar-refractivity contribution in [1.29, 1.82) is 0 Å². The molecule has 0 saturated carbocycles. The second-order valence-corrected chi connectivity index (χ2v) is 6.32. The minimum Gasteiger partial charge on any atom is -0.382 e. The Labute approximate surface area is 120 Å². The second kappa shape index (κ2) is 4.32. The summed E-state index contributed by atoms with van der Waals surface area (Å²) in [5.74, 6) is 0.0723. The number of aromatic nitrogens is 1. The highest BCUT2D eigenvalue weighted by atomic mass is 32.1. The van der Waals surface area contributed by atoms with Crippen LogP contribution in [0.2, 0.25) is 0 Å². The molecule has 0 aromatic carbocycles. The van der Waals surface area contributed by atoms with Gasteiger partial charge < -0.3 is 10.8 Å². The van der Waals surface area contributed by atoms with Crippen molar-refractivity contribution in [1.82, 2.24) is 9.58 Å². The Balaban J connectivity index is 2.15. The summed E-state index contributed by atoms with van der Waals surface area (Å²) in [7, 11) is 0. The lowest BCUT2D eigenvalue weighted by Crippen LogP contribution is -2.44. The third-order valence-electron chi connectivity index (χ3n) is 3.16. The molecule has 2 aromatic rings. The van der Waals surface area contributed by atoms with Crippen LogP contribution in [0.15, 0.2) is 22.6 Å². The molecule has 0 radical (unpaired) electrons. The maximum absolute atomic E-state index is 11.1. The molecule has 2 aromatic heterocycles. The monoisotopic (exact) mass is 292 g/mol. The number of nitrogens with zero attached hydrogens (tertiary/aromatic N) is 3. The molecule has 1 amide bonds. The normalized spacial score (nSPS) is 15.3. The highest BCUT2D eigenvalue weighted by Crippen LogP contribution is 2.30. The quantitative estimate of drug-likeness (QED) is 0.883. The Morgan fingerprint density at radius 3 is 3.00 bits per heavy atom. The van der Waals surface area contributed by atoms with Crippen LogP contribution in [-0.2, 0) is 11.3 Å².